The van der Waals surface area contributed by atoms with E-state index >= 15 is 0 Å². The first-order chi connectivity index (χ1) is 8.64. The fourth-order valence-electron chi connectivity index (χ4n) is 1.06. The van der Waals surface area contributed by atoms with Gasteiger partial charge in [0.05, 0.1) is 5.95 Å². The molecule has 0 bridgehead atoms. The number of rotatable bonds is 2. The molecule has 0 radical (unpaired) electrons. The highest BCUT2D eigenvalue weighted by Gasteiger charge is 2.01. The first-order valence-corrected chi connectivity index (χ1v) is 4.49. The predicted octanol–water partition coefficient (Wildman–Crippen LogP) is 1.21. The Kier molecular flexibility index (Phi) is 3.89. The zero-order chi connectivity index (χ0) is 13.5. The molecule has 0 aromatic carbocycles. The molecular formula is C12H3N4O2-. The number of allylic oxidation sites excluding steroid dienone is 2. The zero-order valence-corrected chi connectivity index (χ0v) is 8.84. The molecule has 0 saturated carbocycles. The molecular weight excluding hydrogens is 232 g/mol. The largest absolute Gasteiger partial charge is 0.579 e. The van der Waals surface area contributed by atoms with Gasteiger partial charge in [0.1, 0.15) is 35.4 Å². The third-order valence-corrected chi connectivity index (χ3v) is 1.81. The average Bonchev–Trinajstić information content (AvgIpc) is 2.73. The van der Waals surface area contributed by atoms with Crippen LogP contribution in [0.2, 0.25) is 0 Å². The van der Waals surface area contributed by atoms with Crippen LogP contribution in [0.25, 0.3) is 12.2 Å². The van der Waals surface area contributed by atoms with Crippen molar-refractivity contribution in [3.8, 4) is 30.2 Å². The van der Waals surface area contributed by atoms with Crippen LogP contribution in [0.1, 0.15) is 11.3 Å². The van der Waals surface area contributed by atoms with Crippen molar-refractivity contribution < 1.29 is 9.52 Å². The Morgan fingerprint density at radius 3 is 2.00 bits per heavy atom. The van der Waals surface area contributed by atoms with Crippen LogP contribution in [0.5, 0.6) is 5.95 Å². The average molecular weight is 235 g/mol. The van der Waals surface area contributed by atoms with Crippen molar-refractivity contribution in [3.05, 3.63) is 28.5 Å². The minimum Gasteiger partial charge on any atom is -0.579 e. The van der Waals surface area contributed by atoms with Gasteiger partial charge in [0.2, 0.25) is 0 Å². The minimum atomic E-state index is -0.750. The molecule has 0 spiro atoms. The van der Waals surface area contributed by atoms with Gasteiger partial charge in [0, 0.05) is 5.76 Å². The maximum atomic E-state index is 11.3. The van der Waals surface area contributed by atoms with Gasteiger partial charge in [-0.25, -0.2) is 0 Å². The third kappa shape index (κ3) is 2.76. The van der Waals surface area contributed by atoms with Crippen molar-refractivity contribution in [1.29, 1.82) is 21.0 Å². The Hall–Kier alpha value is -3.48. The smallest absolute Gasteiger partial charge is 0.130 e. The molecule has 1 aromatic heterocycles. The lowest BCUT2D eigenvalue weighted by Crippen LogP contribution is -1.88. The second-order valence-electron chi connectivity index (χ2n) is 2.95. The predicted molar refractivity (Wildman–Crippen MR) is 56.6 cm³/mol. The first kappa shape index (κ1) is 12.6. The van der Waals surface area contributed by atoms with Gasteiger partial charge in [0.25, 0.3) is 0 Å². The van der Waals surface area contributed by atoms with E-state index in [9.17, 15) is 5.11 Å². The summed E-state index contributed by atoms with van der Waals surface area (Å²) in [5.41, 5.74) is -0.459. The van der Waals surface area contributed by atoms with Crippen molar-refractivity contribution in [2.45, 2.75) is 0 Å². The summed E-state index contributed by atoms with van der Waals surface area (Å²) in [6.45, 7) is 0. The van der Waals surface area contributed by atoms with Crippen LogP contribution in [-0.2, 0) is 0 Å². The van der Waals surface area contributed by atoms with Crippen molar-refractivity contribution in [2.24, 2.45) is 0 Å². The van der Waals surface area contributed by atoms with Crippen molar-refractivity contribution in [1.82, 2.24) is 0 Å². The summed E-state index contributed by atoms with van der Waals surface area (Å²) >= 11 is 0. The van der Waals surface area contributed by atoms with Crippen LogP contribution in [0.3, 0.4) is 0 Å². The summed E-state index contributed by atoms with van der Waals surface area (Å²) in [5, 5.41) is 45.5. The van der Waals surface area contributed by atoms with Gasteiger partial charge >= 0.3 is 0 Å². The van der Waals surface area contributed by atoms with E-state index in [1.54, 1.807) is 24.3 Å². The summed E-state index contributed by atoms with van der Waals surface area (Å²) in [5.74, 6) is -0.737. The Morgan fingerprint density at radius 1 is 1.00 bits per heavy atom. The number of furan rings is 1. The fraction of sp³-hybridized carbons (Fsp3) is 0. The van der Waals surface area contributed by atoms with E-state index in [4.69, 9.17) is 25.5 Å². The van der Waals surface area contributed by atoms with E-state index in [1.165, 1.54) is 6.07 Å². The summed E-state index contributed by atoms with van der Waals surface area (Å²) in [7, 11) is 0. The second-order valence-corrected chi connectivity index (χ2v) is 2.95. The lowest BCUT2D eigenvalue weighted by Gasteiger charge is -1.95. The molecule has 0 aliphatic rings. The Bertz CT molecular complexity index is 664. The summed E-state index contributed by atoms with van der Waals surface area (Å²) < 4.78 is 4.74. The summed E-state index contributed by atoms with van der Waals surface area (Å²) in [4.78, 5) is 0. The molecule has 84 valence electrons. The van der Waals surface area contributed by atoms with Crippen molar-refractivity contribution in [2.75, 3.05) is 0 Å². The molecule has 0 aliphatic carbocycles. The van der Waals surface area contributed by atoms with Gasteiger partial charge in [-0.1, -0.05) is 0 Å². The van der Waals surface area contributed by atoms with Crippen molar-refractivity contribution in [3.63, 3.8) is 0 Å². The van der Waals surface area contributed by atoms with Crippen LogP contribution in [0.4, 0.5) is 0 Å². The van der Waals surface area contributed by atoms with Crippen LogP contribution in [0, 0.1) is 45.3 Å². The molecule has 0 atom stereocenters. The fourth-order valence-corrected chi connectivity index (χ4v) is 1.06. The lowest BCUT2D eigenvalue weighted by atomic mass is 10.2. The highest BCUT2D eigenvalue weighted by atomic mass is 16.5. The topological polar surface area (TPSA) is 131 Å². The van der Waals surface area contributed by atoms with E-state index in [1.807, 2.05) is 0 Å². The SMILES string of the molecule is N#CC(C#N)=Cc1cc(C=C(C#N)C#N)c([O-])o1. The van der Waals surface area contributed by atoms with Gasteiger partial charge in [-0.05, 0) is 23.8 Å². The zero-order valence-electron chi connectivity index (χ0n) is 8.84. The molecule has 1 rings (SSSR count). The number of hydrogen-bond acceptors (Lipinski definition) is 6. The quantitative estimate of drug-likeness (QED) is 0.707. The van der Waals surface area contributed by atoms with E-state index in [0.29, 0.717) is 0 Å². The monoisotopic (exact) mass is 235 g/mol. The third-order valence-electron chi connectivity index (χ3n) is 1.81. The molecule has 18 heavy (non-hydrogen) atoms. The van der Waals surface area contributed by atoms with E-state index in [-0.39, 0.29) is 22.5 Å². The Balaban J connectivity index is 3.22. The van der Waals surface area contributed by atoms with Gasteiger partial charge in [0.15, 0.2) is 0 Å². The molecule has 0 aliphatic heterocycles. The molecule has 1 aromatic rings. The van der Waals surface area contributed by atoms with Crippen molar-refractivity contribution >= 4 is 12.2 Å². The molecule has 0 amide bonds. The maximum Gasteiger partial charge on any atom is 0.130 e. The second kappa shape index (κ2) is 5.56. The highest BCUT2D eigenvalue weighted by molar-refractivity contribution is 5.68. The summed E-state index contributed by atoms with van der Waals surface area (Å²) in [6.07, 6.45) is 2.17. The lowest BCUT2D eigenvalue weighted by molar-refractivity contribution is -0.294. The highest BCUT2D eigenvalue weighted by Crippen LogP contribution is 2.23. The summed E-state index contributed by atoms with van der Waals surface area (Å²) in [6, 6.07) is 7.66. The van der Waals surface area contributed by atoms with Crippen LogP contribution < -0.4 is 5.11 Å². The van der Waals surface area contributed by atoms with Gasteiger partial charge < -0.3 is 9.52 Å². The first-order valence-electron chi connectivity index (χ1n) is 4.49. The number of nitrogens with zero attached hydrogens (tertiary/aromatic N) is 4. The van der Waals surface area contributed by atoms with Gasteiger partial charge in [-0.2, -0.15) is 21.0 Å². The van der Waals surface area contributed by atoms with Crippen LogP contribution in [0.15, 0.2) is 21.6 Å². The molecule has 6 nitrogen and oxygen atoms in total. The van der Waals surface area contributed by atoms with Gasteiger partial charge in [-0.15, -0.1) is 0 Å². The van der Waals surface area contributed by atoms with Gasteiger partial charge in [-0.3, -0.25) is 0 Å². The maximum absolute atomic E-state index is 11.3. The molecule has 0 N–H and O–H groups in total. The standard InChI is InChI=1S/C12H4N4O2/c13-4-8(5-14)1-10-3-11(18-12(10)17)2-9(6-15)7-16/h1-3,17H/p-1. The Labute approximate surface area is 102 Å². The number of hydrogen-bond donors (Lipinski definition) is 0. The minimum absolute atomic E-state index is 0.00887. The molecule has 0 unspecified atom stereocenters. The van der Waals surface area contributed by atoms with Crippen LogP contribution in [-0.4, -0.2) is 0 Å². The molecule has 1 heterocycles. The van der Waals surface area contributed by atoms with E-state index < -0.39 is 5.95 Å². The molecule has 0 fully saturated rings. The van der Waals surface area contributed by atoms with Crippen LogP contribution >= 0.6 is 0 Å². The molecule has 0 saturated heterocycles. The molecule has 6 heteroatoms. The van der Waals surface area contributed by atoms with E-state index in [2.05, 4.69) is 0 Å². The Morgan fingerprint density at radius 2 is 1.50 bits per heavy atom. The number of nitriles is 4. The van der Waals surface area contributed by atoms with E-state index in [0.717, 1.165) is 12.2 Å². The normalized spacial score (nSPS) is 8.00.